The Morgan fingerprint density at radius 1 is 0.931 bits per heavy atom. The maximum absolute atomic E-state index is 12.6. The van der Waals surface area contributed by atoms with Crippen LogP contribution in [0.3, 0.4) is 0 Å². The van der Waals surface area contributed by atoms with Crippen molar-refractivity contribution in [2.45, 2.75) is 25.9 Å². The number of hydrogen-bond donors (Lipinski definition) is 1. The molecule has 1 N–H and O–H groups in total. The summed E-state index contributed by atoms with van der Waals surface area (Å²) in [6.45, 7) is 5.91. The molecule has 4 rings (SSSR count). The van der Waals surface area contributed by atoms with Gasteiger partial charge in [0, 0.05) is 48.7 Å². The summed E-state index contributed by atoms with van der Waals surface area (Å²) in [5, 5.41) is 2.90. The van der Waals surface area contributed by atoms with Crippen LogP contribution in [0.1, 0.15) is 40.5 Å². The molecule has 2 saturated heterocycles. The quantitative estimate of drug-likeness (QED) is 0.865. The molecule has 0 bridgehead atoms. The molecule has 2 aromatic carbocycles. The SMILES string of the molecule is CC1CN(C(=O)c2ccc(NC(=O)c3ccc(N4CCCC4)cc3)cc2)CCO1. The Balaban J connectivity index is 1.36. The van der Waals surface area contributed by atoms with Gasteiger partial charge in [0.05, 0.1) is 12.7 Å². The van der Waals surface area contributed by atoms with Crippen molar-refractivity contribution in [3.8, 4) is 0 Å². The summed E-state index contributed by atoms with van der Waals surface area (Å²) >= 11 is 0. The molecule has 0 radical (unpaired) electrons. The van der Waals surface area contributed by atoms with Gasteiger partial charge in [-0.05, 0) is 68.3 Å². The molecule has 2 heterocycles. The summed E-state index contributed by atoms with van der Waals surface area (Å²) in [5.74, 6) is -0.158. The molecule has 1 atom stereocenters. The van der Waals surface area contributed by atoms with E-state index in [0.29, 0.717) is 36.5 Å². The van der Waals surface area contributed by atoms with Crippen LogP contribution in [0, 0.1) is 0 Å². The smallest absolute Gasteiger partial charge is 0.255 e. The molecule has 2 aromatic rings. The predicted octanol–water partition coefficient (Wildman–Crippen LogP) is 3.40. The fourth-order valence-corrected chi connectivity index (χ4v) is 3.88. The van der Waals surface area contributed by atoms with E-state index in [-0.39, 0.29) is 17.9 Å². The molecule has 0 aliphatic carbocycles. The van der Waals surface area contributed by atoms with Crippen LogP contribution in [0.4, 0.5) is 11.4 Å². The molecule has 2 aliphatic heterocycles. The fourth-order valence-electron chi connectivity index (χ4n) is 3.88. The number of nitrogens with zero attached hydrogens (tertiary/aromatic N) is 2. The van der Waals surface area contributed by atoms with Crippen LogP contribution in [0.5, 0.6) is 0 Å². The molecule has 1 unspecified atom stereocenters. The number of ether oxygens (including phenoxy) is 1. The van der Waals surface area contributed by atoms with E-state index in [1.807, 2.05) is 36.1 Å². The molecule has 0 saturated carbocycles. The molecule has 0 aromatic heterocycles. The molecule has 29 heavy (non-hydrogen) atoms. The third kappa shape index (κ3) is 4.59. The van der Waals surface area contributed by atoms with Gasteiger partial charge in [-0.1, -0.05) is 0 Å². The van der Waals surface area contributed by atoms with Crippen molar-refractivity contribution in [1.29, 1.82) is 0 Å². The molecule has 0 spiro atoms. The average molecular weight is 393 g/mol. The minimum atomic E-state index is -0.154. The number of rotatable bonds is 4. The van der Waals surface area contributed by atoms with E-state index in [2.05, 4.69) is 10.2 Å². The number of morpholine rings is 1. The van der Waals surface area contributed by atoms with Crippen LogP contribution in [0.2, 0.25) is 0 Å². The van der Waals surface area contributed by atoms with Gasteiger partial charge in [0.1, 0.15) is 0 Å². The number of hydrogen-bond acceptors (Lipinski definition) is 4. The molecule has 2 amide bonds. The predicted molar refractivity (Wildman–Crippen MR) is 114 cm³/mol. The molecular formula is C23H27N3O3. The highest BCUT2D eigenvalue weighted by atomic mass is 16.5. The lowest BCUT2D eigenvalue weighted by Gasteiger charge is -2.31. The normalized spacial score (nSPS) is 19.3. The van der Waals surface area contributed by atoms with Crippen molar-refractivity contribution >= 4 is 23.2 Å². The highest BCUT2D eigenvalue weighted by Gasteiger charge is 2.22. The van der Waals surface area contributed by atoms with E-state index < -0.39 is 0 Å². The van der Waals surface area contributed by atoms with E-state index in [0.717, 1.165) is 13.1 Å². The Hall–Kier alpha value is -2.86. The molecule has 152 valence electrons. The lowest BCUT2D eigenvalue weighted by atomic mass is 10.1. The number of benzene rings is 2. The van der Waals surface area contributed by atoms with Crippen molar-refractivity contribution in [3.05, 3.63) is 59.7 Å². The van der Waals surface area contributed by atoms with Gasteiger partial charge in [-0.3, -0.25) is 9.59 Å². The first-order valence-corrected chi connectivity index (χ1v) is 10.3. The van der Waals surface area contributed by atoms with Crippen molar-refractivity contribution in [2.24, 2.45) is 0 Å². The van der Waals surface area contributed by atoms with Gasteiger partial charge < -0.3 is 19.9 Å². The van der Waals surface area contributed by atoms with Crippen LogP contribution in [-0.4, -0.2) is 55.6 Å². The first-order chi connectivity index (χ1) is 14.1. The molecule has 6 nitrogen and oxygen atoms in total. The zero-order chi connectivity index (χ0) is 20.2. The van der Waals surface area contributed by atoms with Crippen molar-refractivity contribution < 1.29 is 14.3 Å². The molecule has 6 heteroatoms. The largest absolute Gasteiger partial charge is 0.375 e. The second kappa shape index (κ2) is 8.66. The zero-order valence-electron chi connectivity index (χ0n) is 16.8. The maximum atomic E-state index is 12.6. The number of nitrogens with one attached hydrogen (secondary N) is 1. The first kappa shape index (κ1) is 19.5. The monoisotopic (exact) mass is 393 g/mol. The fraction of sp³-hybridized carbons (Fsp3) is 0.391. The summed E-state index contributed by atoms with van der Waals surface area (Å²) < 4.78 is 5.49. The van der Waals surface area contributed by atoms with Gasteiger partial charge in [-0.25, -0.2) is 0 Å². The van der Waals surface area contributed by atoms with Crippen molar-refractivity contribution in [2.75, 3.05) is 43.0 Å². The minimum Gasteiger partial charge on any atom is -0.375 e. The van der Waals surface area contributed by atoms with Gasteiger partial charge in [-0.15, -0.1) is 0 Å². The van der Waals surface area contributed by atoms with Gasteiger partial charge in [0.15, 0.2) is 0 Å². The Kier molecular flexibility index (Phi) is 5.81. The van der Waals surface area contributed by atoms with Gasteiger partial charge in [0.25, 0.3) is 11.8 Å². The van der Waals surface area contributed by atoms with E-state index in [1.54, 1.807) is 24.3 Å². The second-order valence-electron chi connectivity index (χ2n) is 7.71. The maximum Gasteiger partial charge on any atom is 0.255 e. The highest BCUT2D eigenvalue weighted by molar-refractivity contribution is 6.04. The molecular weight excluding hydrogens is 366 g/mol. The van der Waals surface area contributed by atoms with Crippen molar-refractivity contribution in [3.63, 3.8) is 0 Å². The van der Waals surface area contributed by atoms with Crippen LogP contribution in [0.25, 0.3) is 0 Å². The summed E-state index contributed by atoms with van der Waals surface area (Å²) in [6, 6.07) is 14.8. The molecule has 2 fully saturated rings. The summed E-state index contributed by atoms with van der Waals surface area (Å²) in [7, 11) is 0. The van der Waals surface area contributed by atoms with Crippen LogP contribution >= 0.6 is 0 Å². The summed E-state index contributed by atoms with van der Waals surface area (Å²) in [6.07, 6.45) is 2.51. The highest BCUT2D eigenvalue weighted by Crippen LogP contribution is 2.21. The second-order valence-corrected chi connectivity index (χ2v) is 7.71. The number of carbonyl (C=O) groups excluding carboxylic acids is 2. The van der Waals surface area contributed by atoms with Gasteiger partial charge >= 0.3 is 0 Å². The van der Waals surface area contributed by atoms with E-state index in [1.165, 1.54) is 18.5 Å². The number of anilines is 2. The third-order valence-electron chi connectivity index (χ3n) is 5.52. The lowest BCUT2D eigenvalue weighted by Crippen LogP contribution is -2.44. The standard InChI is InChI=1S/C23H27N3O3/c1-17-16-26(14-15-29-17)23(28)19-4-8-20(9-5-19)24-22(27)18-6-10-21(11-7-18)25-12-2-3-13-25/h4-11,17H,2-3,12-16H2,1H3,(H,24,27). The van der Waals surface area contributed by atoms with E-state index in [4.69, 9.17) is 4.74 Å². The number of carbonyl (C=O) groups is 2. The van der Waals surface area contributed by atoms with Crippen molar-refractivity contribution in [1.82, 2.24) is 4.90 Å². The van der Waals surface area contributed by atoms with E-state index >= 15 is 0 Å². The van der Waals surface area contributed by atoms with Crippen LogP contribution < -0.4 is 10.2 Å². The average Bonchev–Trinajstić information content (AvgIpc) is 3.29. The van der Waals surface area contributed by atoms with Crippen LogP contribution in [0.15, 0.2) is 48.5 Å². The Bertz CT molecular complexity index is 858. The Morgan fingerprint density at radius 3 is 2.24 bits per heavy atom. The molecule has 2 aliphatic rings. The first-order valence-electron chi connectivity index (χ1n) is 10.3. The Morgan fingerprint density at radius 2 is 1.59 bits per heavy atom. The summed E-state index contributed by atoms with van der Waals surface area (Å²) in [4.78, 5) is 29.3. The topological polar surface area (TPSA) is 61.9 Å². The van der Waals surface area contributed by atoms with Crippen LogP contribution in [-0.2, 0) is 4.74 Å². The lowest BCUT2D eigenvalue weighted by molar-refractivity contribution is -0.0124. The summed E-state index contributed by atoms with van der Waals surface area (Å²) in [5.41, 5.74) is 3.08. The number of amides is 2. The van der Waals surface area contributed by atoms with Gasteiger partial charge in [-0.2, -0.15) is 0 Å². The van der Waals surface area contributed by atoms with Gasteiger partial charge in [0.2, 0.25) is 0 Å². The Labute approximate surface area is 171 Å². The third-order valence-corrected chi connectivity index (χ3v) is 5.52. The zero-order valence-corrected chi connectivity index (χ0v) is 16.8. The van der Waals surface area contributed by atoms with E-state index in [9.17, 15) is 9.59 Å². The minimum absolute atomic E-state index is 0.00414.